The summed E-state index contributed by atoms with van der Waals surface area (Å²) < 4.78 is 31.2. The molecular formula is C15H26N2O3S. The van der Waals surface area contributed by atoms with Gasteiger partial charge in [-0.3, -0.25) is 0 Å². The predicted molar refractivity (Wildman–Crippen MR) is 86.1 cm³/mol. The SMILES string of the molecule is CCNS(=O)(=O)c1ccc(NCC(C)(C)CCOC)cc1. The van der Waals surface area contributed by atoms with Crippen LogP contribution in [0.5, 0.6) is 0 Å². The summed E-state index contributed by atoms with van der Waals surface area (Å²) in [6, 6.07) is 6.80. The van der Waals surface area contributed by atoms with Gasteiger partial charge in [0.25, 0.3) is 0 Å². The molecule has 0 aliphatic heterocycles. The van der Waals surface area contributed by atoms with E-state index in [0.29, 0.717) is 6.54 Å². The summed E-state index contributed by atoms with van der Waals surface area (Å²) in [5.74, 6) is 0. The van der Waals surface area contributed by atoms with E-state index in [1.807, 2.05) is 0 Å². The molecule has 0 radical (unpaired) electrons. The highest BCUT2D eigenvalue weighted by Crippen LogP contribution is 2.22. The highest BCUT2D eigenvalue weighted by Gasteiger charge is 2.17. The van der Waals surface area contributed by atoms with Crippen molar-refractivity contribution in [3.63, 3.8) is 0 Å². The first-order valence-electron chi connectivity index (χ1n) is 7.13. The highest BCUT2D eigenvalue weighted by molar-refractivity contribution is 7.89. The third-order valence-electron chi connectivity index (χ3n) is 3.25. The van der Waals surface area contributed by atoms with Crippen molar-refractivity contribution in [1.82, 2.24) is 4.72 Å². The molecule has 0 atom stereocenters. The molecule has 0 heterocycles. The Morgan fingerprint density at radius 2 is 1.81 bits per heavy atom. The lowest BCUT2D eigenvalue weighted by molar-refractivity contribution is 0.157. The number of ether oxygens (including phenoxy) is 1. The second-order valence-electron chi connectivity index (χ2n) is 5.79. The van der Waals surface area contributed by atoms with Gasteiger partial charge < -0.3 is 10.1 Å². The molecule has 0 saturated carbocycles. The molecule has 21 heavy (non-hydrogen) atoms. The largest absolute Gasteiger partial charge is 0.385 e. The van der Waals surface area contributed by atoms with Crippen LogP contribution in [0.3, 0.4) is 0 Å². The molecule has 0 unspecified atom stereocenters. The second kappa shape index (κ2) is 7.77. The zero-order chi connectivity index (χ0) is 15.9. The molecule has 0 aliphatic rings. The maximum atomic E-state index is 11.8. The van der Waals surface area contributed by atoms with E-state index in [9.17, 15) is 8.42 Å². The minimum atomic E-state index is -3.38. The molecule has 0 fully saturated rings. The number of hydrogen-bond acceptors (Lipinski definition) is 4. The first-order chi connectivity index (χ1) is 9.80. The fraction of sp³-hybridized carbons (Fsp3) is 0.600. The van der Waals surface area contributed by atoms with Crippen molar-refractivity contribution in [3.8, 4) is 0 Å². The van der Waals surface area contributed by atoms with Crippen LogP contribution in [0.1, 0.15) is 27.2 Å². The van der Waals surface area contributed by atoms with Gasteiger partial charge in [-0.05, 0) is 36.1 Å². The monoisotopic (exact) mass is 314 g/mol. The molecule has 0 bridgehead atoms. The number of hydrogen-bond donors (Lipinski definition) is 2. The van der Waals surface area contributed by atoms with Crippen LogP contribution >= 0.6 is 0 Å². The van der Waals surface area contributed by atoms with Crippen molar-refractivity contribution in [2.75, 3.05) is 32.1 Å². The molecule has 0 saturated heterocycles. The van der Waals surface area contributed by atoms with Crippen LogP contribution in [-0.4, -0.2) is 35.2 Å². The molecule has 2 N–H and O–H groups in total. The molecule has 1 aromatic rings. The highest BCUT2D eigenvalue weighted by atomic mass is 32.2. The molecule has 120 valence electrons. The number of benzene rings is 1. The van der Waals surface area contributed by atoms with Gasteiger partial charge in [0, 0.05) is 32.5 Å². The lowest BCUT2D eigenvalue weighted by Gasteiger charge is -2.25. The van der Waals surface area contributed by atoms with E-state index < -0.39 is 10.0 Å². The quantitative estimate of drug-likeness (QED) is 0.735. The first kappa shape index (κ1) is 17.9. The number of anilines is 1. The van der Waals surface area contributed by atoms with Gasteiger partial charge in [-0.25, -0.2) is 13.1 Å². The van der Waals surface area contributed by atoms with E-state index in [2.05, 4.69) is 23.9 Å². The summed E-state index contributed by atoms with van der Waals surface area (Å²) in [6.07, 6.45) is 0.962. The molecule has 0 aromatic heterocycles. The predicted octanol–water partition coefficient (Wildman–Crippen LogP) is 2.46. The standard InChI is InChI=1S/C15H26N2O3S/c1-5-17-21(18,19)14-8-6-13(7-9-14)16-12-15(2,3)10-11-20-4/h6-9,16-17H,5,10-12H2,1-4H3. The Bertz CT molecular complexity index is 524. The Kier molecular flexibility index (Phi) is 6.64. The molecule has 1 aromatic carbocycles. The van der Waals surface area contributed by atoms with Gasteiger partial charge in [-0.15, -0.1) is 0 Å². The van der Waals surface area contributed by atoms with E-state index in [-0.39, 0.29) is 10.3 Å². The summed E-state index contributed by atoms with van der Waals surface area (Å²) >= 11 is 0. The van der Waals surface area contributed by atoms with Gasteiger partial charge in [-0.2, -0.15) is 0 Å². The number of nitrogens with one attached hydrogen (secondary N) is 2. The van der Waals surface area contributed by atoms with Crippen molar-refractivity contribution in [2.45, 2.75) is 32.1 Å². The zero-order valence-corrected chi connectivity index (χ0v) is 14.1. The van der Waals surface area contributed by atoms with Gasteiger partial charge in [0.05, 0.1) is 4.90 Å². The number of methoxy groups -OCH3 is 1. The van der Waals surface area contributed by atoms with Gasteiger partial charge in [0.1, 0.15) is 0 Å². The van der Waals surface area contributed by atoms with Crippen LogP contribution in [-0.2, 0) is 14.8 Å². The van der Waals surface area contributed by atoms with Crippen LogP contribution in [0.15, 0.2) is 29.2 Å². The lowest BCUT2D eigenvalue weighted by Crippen LogP contribution is -2.25. The third-order valence-corrected chi connectivity index (χ3v) is 4.81. The number of rotatable bonds is 9. The minimum absolute atomic E-state index is 0.116. The Morgan fingerprint density at radius 1 is 1.19 bits per heavy atom. The van der Waals surface area contributed by atoms with Crippen LogP contribution < -0.4 is 10.0 Å². The molecule has 1 rings (SSSR count). The van der Waals surface area contributed by atoms with Gasteiger partial charge in [-0.1, -0.05) is 20.8 Å². The zero-order valence-electron chi connectivity index (χ0n) is 13.3. The molecule has 6 heteroatoms. The van der Waals surface area contributed by atoms with Crippen LogP contribution in [0.4, 0.5) is 5.69 Å². The molecule has 5 nitrogen and oxygen atoms in total. The van der Waals surface area contributed by atoms with Crippen molar-refractivity contribution < 1.29 is 13.2 Å². The fourth-order valence-corrected chi connectivity index (χ4v) is 2.87. The van der Waals surface area contributed by atoms with Crippen LogP contribution in [0, 0.1) is 5.41 Å². The molecule has 0 aliphatic carbocycles. The smallest absolute Gasteiger partial charge is 0.240 e. The van der Waals surface area contributed by atoms with Gasteiger partial charge >= 0.3 is 0 Å². The third kappa shape index (κ3) is 6.03. The number of sulfonamides is 1. The molecule has 0 spiro atoms. The Balaban J connectivity index is 2.63. The van der Waals surface area contributed by atoms with Gasteiger partial charge in [0.15, 0.2) is 0 Å². The van der Waals surface area contributed by atoms with E-state index in [0.717, 1.165) is 25.3 Å². The van der Waals surface area contributed by atoms with Crippen LogP contribution in [0.25, 0.3) is 0 Å². The van der Waals surface area contributed by atoms with E-state index in [4.69, 9.17) is 4.74 Å². The van der Waals surface area contributed by atoms with E-state index in [1.54, 1.807) is 38.3 Å². The second-order valence-corrected chi connectivity index (χ2v) is 7.55. The maximum Gasteiger partial charge on any atom is 0.240 e. The van der Waals surface area contributed by atoms with Crippen molar-refractivity contribution >= 4 is 15.7 Å². The van der Waals surface area contributed by atoms with Gasteiger partial charge in [0.2, 0.25) is 10.0 Å². The Hall–Kier alpha value is -1.11. The molecule has 0 amide bonds. The Morgan fingerprint density at radius 3 is 2.33 bits per heavy atom. The average molecular weight is 314 g/mol. The minimum Gasteiger partial charge on any atom is -0.385 e. The van der Waals surface area contributed by atoms with Crippen molar-refractivity contribution in [2.24, 2.45) is 5.41 Å². The van der Waals surface area contributed by atoms with E-state index in [1.165, 1.54) is 0 Å². The summed E-state index contributed by atoms with van der Waals surface area (Å²) in [6.45, 7) is 8.02. The van der Waals surface area contributed by atoms with Crippen LogP contribution in [0.2, 0.25) is 0 Å². The summed E-state index contributed by atoms with van der Waals surface area (Å²) in [5, 5.41) is 3.33. The van der Waals surface area contributed by atoms with Crippen molar-refractivity contribution in [1.29, 1.82) is 0 Å². The van der Waals surface area contributed by atoms with E-state index >= 15 is 0 Å². The normalized spacial score (nSPS) is 12.4. The average Bonchev–Trinajstić information content (AvgIpc) is 2.44. The Labute approximate surface area is 128 Å². The maximum absolute atomic E-state index is 11.8. The topological polar surface area (TPSA) is 67.4 Å². The summed E-state index contributed by atoms with van der Waals surface area (Å²) in [7, 11) is -1.68. The van der Waals surface area contributed by atoms with Crippen molar-refractivity contribution in [3.05, 3.63) is 24.3 Å². The first-order valence-corrected chi connectivity index (χ1v) is 8.61. The summed E-state index contributed by atoms with van der Waals surface area (Å²) in [5.41, 5.74) is 1.03. The fourth-order valence-electron chi connectivity index (χ4n) is 1.83. The summed E-state index contributed by atoms with van der Waals surface area (Å²) in [4.78, 5) is 0.286. The lowest BCUT2D eigenvalue weighted by atomic mass is 9.89. The molecular weight excluding hydrogens is 288 g/mol.